The zero-order valence-electron chi connectivity index (χ0n) is 12.8. The second-order valence-corrected chi connectivity index (χ2v) is 5.45. The average Bonchev–Trinajstić information content (AvgIpc) is 3.00. The van der Waals surface area contributed by atoms with E-state index in [1.807, 2.05) is 60.7 Å². The number of para-hydroxylation sites is 1. The molecule has 5 N–H and O–H groups in total. The van der Waals surface area contributed by atoms with Crippen molar-refractivity contribution in [1.29, 1.82) is 0 Å². The number of hydrogen-bond donors (Lipinski definition) is 3. The maximum absolute atomic E-state index is 5.93. The van der Waals surface area contributed by atoms with Crippen LogP contribution in [0.3, 0.4) is 0 Å². The Hall–Kier alpha value is -3.54. The van der Waals surface area contributed by atoms with Crippen molar-refractivity contribution < 1.29 is 0 Å². The van der Waals surface area contributed by atoms with Gasteiger partial charge in [-0.1, -0.05) is 30.3 Å². The van der Waals surface area contributed by atoms with Gasteiger partial charge in [-0.3, -0.25) is 0 Å². The number of fused-ring (bicyclic) bond motifs is 1. The Bertz CT molecular complexity index is 1010. The van der Waals surface area contributed by atoms with Crippen LogP contribution in [0.4, 0.5) is 23.0 Å². The van der Waals surface area contributed by atoms with Gasteiger partial charge in [0.15, 0.2) is 5.65 Å². The molecule has 2 heterocycles. The van der Waals surface area contributed by atoms with Crippen molar-refractivity contribution in [3.63, 3.8) is 0 Å². The summed E-state index contributed by atoms with van der Waals surface area (Å²) in [6.45, 7) is 0. The summed E-state index contributed by atoms with van der Waals surface area (Å²) in [4.78, 5) is 4.52. The van der Waals surface area contributed by atoms with Crippen LogP contribution in [0, 0.1) is 0 Å². The van der Waals surface area contributed by atoms with Crippen molar-refractivity contribution in [2.24, 2.45) is 0 Å². The van der Waals surface area contributed by atoms with Gasteiger partial charge in [0.25, 0.3) is 0 Å². The molecule has 0 aliphatic heterocycles. The lowest BCUT2D eigenvalue weighted by molar-refractivity contribution is 0.974. The number of nitrogens with zero attached hydrogens (tertiary/aromatic N) is 3. The fourth-order valence-corrected chi connectivity index (χ4v) is 2.56. The molecule has 0 saturated carbocycles. The molecule has 2 aromatic heterocycles. The van der Waals surface area contributed by atoms with Crippen LogP contribution < -0.4 is 16.8 Å². The number of nitrogens with one attached hydrogen (secondary N) is 1. The predicted octanol–water partition coefficient (Wildman–Crippen LogP) is 3.30. The lowest BCUT2D eigenvalue weighted by Crippen LogP contribution is -1.98. The lowest BCUT2D eigenvalue weighted by Gasteiger charge is -2.06. The van der Waals surface area contributed by atoms with Gasteiger partial charge >= 0.3 is 0 Å². The van der Waals surface area contributed by atoms with Crippen LogP contribution in [0.25, 0.3) is 16.9 Å². The van der Waals surface area contributed by atoms with Crippen molar-refractivity contribution in [1.82, 2.24) is 14.6 Å². The zero-order valence-corrected chi connectivity index (χ0v) is 12.8. The first kappa shape index (κ1) is 14.1. The molecule has 0 aliphatic rings. The fourth-order valence-electron chi connectivity index (χ4n) is 2.56. The molecule has 4 aromatic rings. The maximum Gasteiger partial charge on any atom is 0.247 e. The van der Waals surface area contributed by atoms with E-state index in [-0.39, 0.29) is 0 Å². The monoisotopic (exact) mass is 316 g/mol. The van der Waals surface area contributed by atoms with E-state index in [2.05, 4.69) is 15.4 Å². The summed E-state index contributed by atoms with van der Waals surface area (Å²) in [6, 6.07) is 21.2. The fraction of sp³-hybridized carbons (Fsp3) is 0. The number of pyridine rings is 1. The summed E-state index contributed by atoms with van der Waals surface area (Å²) >= 11 is 0. The van der Waals surface area contributed by atoms with Crippen molar-refractivity contribution in [3.05, 3.63) is 66.7 Å². The summed E-state index contributed by atoms with van der Waals surface area (Å²) < 4.78 is 1.79. The summed E-state index contributed by atoms with van der Waals surface area (Å²) in [5.41, 5.74) is 16.4. The Morgan fingerprint density at radius 1 is 0.833 bits per heavy atom. The molecule has 2 aromatic carbocycles. The highest BCUT2D eigenvalue weighted by atomic mass is 15.4. The summed E-state index contributed by atoms with van der Waals surface area (Å²) in [6.07, 6.45) is 0. The largest absolute Gasteiger partial charge is 0.397 e. The first-order valence-electron chi connectivity index (χ1n) is 7.54. The first-order chi connectivity index (χ1) is 11.7. The number of hydrogen-bond acceptors (Lipinski definition) is 5. The molecule has 0 aliphatic carbocycles. The minimum Gasteiger partial charge on any atom is -0.397 e. The number of aromatic nitrogens is 3. The highest BCUT2D eigenvalue weighted by molar-refractivity contribution is 5.74. The number of benzene rings is 2. The van der Waals surface area contributed by atoms with E-state index in [1.165, 1.54) is 0 Å². The molecule has 0 bridgehead atoms. The molecule has 0 unspecified atom stereocenters. The number of nitrogens with two attached hydrogens (primary N) is 2. The van der Waals surface area contributed by atoms with Crippen LogP contribution in [0.5, 0.6) is 0 Å². The smallest absolute Gasteiger partial charge is 0.247 e. The SMILES string of the molecule is Nc1ccc(-c2cccc3nc(Nc4ccccc4)nn23)cc1N. The number of rotatable bonds is 3. The number of anilines is 4. The minimum absolute atomic E-state index is 0.539. The second kappa shape index (κ2) is 5.58. The van der Waals surface area contributed by atoms with Crippen LogP contribution in [-0.4, -0.2) is 14.6 Å². The Balaban J connectivity index is 1.78. The van der Waals surface area contributed by atoms with Gasteiger partial charge in [-0.2, -0.15) is 4.98 Å². The molecule has 0 amide bonds. The van der Waals surface area contributed by atoms with Gasteiger partial charge in [0, 0.05) is 11.3 Å². The van der Waals surface area contributed by atoms with Gasteiger partial charge in [-0.15, -0.1) is 5.10 Å². The number of nitrogen functional groups attached to an aromatic ring is 2. The van der Waals surface area contributed by atoms with Crippen LogP contribution in [-0.2, 0) is 0 Å². The Morgan fingerprint density at radius 3 is 2.46 bits per heavy atom. The second-order valence-electron chi connectivity index (χ2n) is 5.45. The van der Waals surface area contributed by atoms with E-state index in [1.54, 1.807) is 10.6 Å². The highest BCUT2D eigenvalue weighted by Gasteiger charge is 2.10. The standard InChI is InChI=1S/C18H16N6/c19-14-10-9-12(11-15(14)20)16-7-4-8-17-22-18(23-24(16)17)21-13-5-2-1-3-6-13/h1-11H,19-20H2,(H,21,23). The molecule has 0 spiro atoms. The van der Waals surface area contributed by atoms with E-state index in [4.69, 9.17) is 11.5 Å². The molecule has 0 fully saturated rings. The van der Waals surface area contributed by atoms with Gasteiger partial charge in [-0.25, -0.2) is 4.52 Å². The Kier molecular flexibility index (Phi) is 3.28. The molecule has 6 heteroatoms. The normalized spacial score (nSPS) is 10.8. The van der Waals surface area contributed by atoms with E-state index in [0.29, 0.717) is 17.3 Å². The van der Waals surface area contributed by atoms with Crippen LogP contribution >= 0.6 is 0 Å². The van der Waals surface area contributed by atoms with Gasteiger partial charge in [-0.05, 0) is 36.4 Å². The van der Waals surface area contributed by atoms with Crippen LogP contribution in [0.2, 0.25) is 0 Å². The molecule has 118 valence electrons. The summed E-state index contributed by atoms with van der Waals surface area (Å²) in [5.74, 6) is 0.539. The van der Waals surface area contributed by atoms with Crippen molar-refractivity contribution in [2.75, 3.05) is 16.8 Å². The van der Waals surface area contributed by atoms with Gasteiger partial charge < -0.3 is 16.8 Å². The van der Waals surface area contributed by atoms with Gasteiger partial charge in [0.05, 0.1) is 17.1 Å². The van der Waals surface area contributed by atoms with Crippen LogP contribution in [0.15, 0.2) is 66.7 Å². The molecule has 0 radical (unpaired) electrons. The summed E-state index contributed by atoms with van der Waals surface area (Å²) in [5, 5.41) is 7.76. The quantitative estimate of drug-likeness (QED) is 0.504. The Morgan fingerprint density at radius 2 is 1.67 bits per heavy atom. The van der Waals surface area contributed by atoms with E-state index in [9.17, 15) is 0 Å². The van der Waals surface area contributed by atoms with E-state index >= 15 is 0 Å². The first-order valence-corrected chi connectivity index (χ1v) is 7.54. The van der Waals surface area contributed by atoms with E-state index < -0.39 is 0 Å². The lowest BCUT2D eigenvalue weighted by atomic mass is 10.1. The van der Waals surface area contributed by atoms with E-state index in [0.717, 1.165) is 22.6 Å². The van der Waals surface area contributed by atoms with Crippen LogP contribution in [0.1, 0.15) is 0 Å². The third-order valence-corrected chi connectivity index (χ3v) is 3.77. The molecule has 24 heavy (non-hydrogen) atoms. The highest BCUT2D eigenvalue weighted by Crippen LogP contribution is 2.26. The molecule has 0 atom stereocenters. The third kappa shape index (κ3) is 2.50. The zero-order chi connectivity index (χ0) is 16.5. The van der Waals surface area contributed by atoms with Crippen molar-refractivity contribution in [2.45, 2.75) is 0 Å². The molecule has 6 nitrogen and oxygen atoms in total. The summed E-state index contributed by atoms with van der Waals surface area (Å²) in [7, 11) is 0. The molecular weight excluding hydrogens is 300 g/mol. The topological polar surface area (TPSA) is 94.3 Å². The Labute approximate surface area is 138 Å². The third-order valence-electron chi connectivity index (χ3n) is 3.77. The average molecular weight is 316 g/mol. The molecule has 0 saturated heterocycles. The van der Waals surface area contributed by atoms with Crippen molar-refractivity contribution in [3.8, 4) is 11.3 Å². The maximum atomic E-state index is 5.93. The predicted molar refractivity (Wildman–Crippen MR) is 97.0 cm³/mol. The van der Waals surface area contributed by atoms with Gasteiger partial charge in [0.1, 0.15) is 0 Å². The molecule has 4 rings (SSSR count). The minimum atomic E-state index is 0.539. The molecular formula is C18H16N6. The van der Waals surface area contributed by atoms with Gasteiger partial charge in [0.2, 0.25) is 5.95 Å². The van der Waals surface area contributed by atoms with Crippen molar-refractivity contribution >= 4 is 28.7 Å².